The van der Waals surface area contributed by atoms with Crippen molar-refractivity contribution in [1.82, 2.24) is 9.97 Å². The van der Waals surface area contributed by atoms with Crippen LogP contribution in [0.4, 0.5) is 0 Å². The molecule has 0 saturated heterocycles. The molecule has 88 valence electrons. The van der Waals surface area contributed by atoms with Gasteiger partial charge in [0.05, 0.1) is 11.6 Å². The predicted molar refractivity (Wildman–Crippen MR) is 63.9 cm³/mol. The first-order valence-electron chi connectivity index (χ1n) is 4.36. The Kier molecular flexibility index (Phi) is 4.15. The normalized spacial score (nSPS) is 11.2. The highest BCUT2D eigenvalue weighted by Crippen LogP contribution is 2.32. The van der Waals surface area contributed by atoms with Gasteiger partial charge in [-0.25, -0.2) is 4.98 Å². The molecule has 0 radical (unpaired) electrons. The van der Waals surface area contributed by atoms with Gasteiger partial charge in [0.25, 0.3) is 0 Å². The number of thioether (sulfide) groups is 1. The van der Waals surface area contributed by atoms with Gasteiger partial charge >= 0.3 is 5.97 Å². The topological polar surface area (TPSA) is 72.3 Å². The Bertz CT molecular complexity index is 412. The van der Waals surface area contributed by atoms with Crippen LogP contribution in [0, 0.1) is 0 Å². The fraction of sp³-hybridized carbons (Fsp3) is 0.444. The zero-order valence-corrected chi connectivity index (χ0v) is 11.4. The van der Waals surface area contributed by atoms with Crippen molar-refractivity contribution in [2.24, 2.45) is 0 Å². The fourth-order valence-electron chi connectivity index (χ4n) is 0.800. The van der Waals surface area contributed by atoms with E-state index in [2.05, 4.69) is 25.9 Å². The van der Waals surface area contributed by atoms with Crippen molar-refractivity contribution in [3.8, 4) is 5.88 Å². The quantitative estimate of drug-likeness (QED) is 0.679. The van der Waals surface area contributed by atoms with Gasteiger partial charge in [0, 0.05) is 6.20 Å². The number of halogens is 1. The Morgan fingerprint density at radius 3 is 2.75 bits per heavy atom. The van der Waals surface area contributed by atoms with Crippen molar-refractivity contribution in [3.63, 3.8) is 0 Å². The number of hydrogen-bond donors (Lipinski definition) is 1. The lowest BCUT2D eigenvalue weighted by Crippen LogP contribution is -2.27. The average molecular weight is 307 g/mol. The van der Waals surface area contributed by atoms with Crippen LogP contribution in [0.2, 0.25) is 0 Å². The van der Waals surface area contributed by atoms with Gasteiger partial charge in [-0.1, -0.05) is 11.8 Å². The van der Waals surface area contributed by atoms with Crippen molar-refractivity contribution in [3.05, 3.63) is 10.7 Å². The van der Waals surface area contributed by atoms with Gasteiger partial charge in [0.2, 0.25) is 5.88 Å². The molecule has 0 saturated carbocycles. The molecule has 1 N–H and O–H groups in total. The second kappa shape index (κ2) is 5.01. The van der Waals surface area contributed by atoms with Gasteiger partial charge in [-0.3, -0.25) is 4.79 Å². The summed E-state index contributed by atoms with van der Waals surface area (Å²) in [5.41, 5.74) is 0. The highest BCUT2D eigenvalue weighted by molar-refractivity contribution is 9.10. The number of carbonyl (C=O) groups is 1. The molecular weight excluding hydrogens is 296 g/mol. The monoisotopic (exact) mass is 306 g/mol. The lowest BCUT2D eigenvalue weighted by Gasteiger charge is -2.17. The summed E-state index contributed by atoms with van der Waals surface area (Å²) in [6, 6.07) is 0. The van der Waals surface area contributed by atoms with Crippen LogP contribution >= 0.6 is 27.7 Å². The van der Waals surface area contributed by atoms with Gasteiger partial charge in [-0.05, 0) is 29.8 Å². The van der Waals surface area contributed by atoms with E-state index in [-0.39, 0.29) is 0 Å². The van der Waals surface area contributed by atoms with E-state index >= 15 is 0 Å². The first-order valence-corrected chi connectivity index (χ1v) is 5.96. The standard InChI is InChI=1S/C9H11BrN2O3S/c1-9(2,7(13)14)16-8-11-4-5(10)6(12-8)15-3/h4H,1-3H3,(H,13,14). The molecule has 1 aromatic heterocycles. The van der Waals surface area contributed by atoms with E-state index in [0.717, 1.165) is 11.8 Å². The minimum Gasteiger partial charge on any atom is -0.480 e. The molecule has 0 aliphatic carbocycles. The lowest BCUT2D eigenvalue weighted by atomic mass is 10.2. The van der Waals surface area contributed by atoms with Crippen molar-refractivity contribution < 1.29 is 14.6 Å². The SMILES string of the molecule is COc1nc(SC(C)(C)C(=O)O)ncc1Br. The third kappa shape index (κ3) is 3.08. The maximum atomic E-state index is 10.9. The summed E-state index contributed by atoms with van der Waals surface area (Å²) < 4.78 is 4.66. The summed E-state index contributed by atoms with van der Waals surface area (Å²) in [4.78, 5) is 19.0. The number of aliphatic carboxylic acids is 1. The minimum absolute atomic E-state index is 0.368. The van der Waals surface area contributed by atoms with Crippen molar-refractivity contribution in [1.29, 1.82) is 0 Å². The van der Waals surface area contributed by atoms with Crippen LogP contribution in [0.3, 0.4) is 0 Å². The van der Waals surface area contributed by atoms with E-state index in [9.17, 15) is 4.79 Å². The third-order valence-corrected chi connectivity index (χ3v) is 3.35. The molecule has 0 unspecified atom stereocenters. The number of aromatic nitrogens is 2. The number of carboxylic acid groups (broad SMARTS) is 1. The van der Waals surface area contributed by atoms with Crippen LogP contribution in [-0.2, 0) is 4.79 Å². The van der Waals surface area contributed by atoms with Gasteiger partial charge in [0.15, 0.2) is 5.16 Å². The number of methoxy groups -OCH3 is 1. The molecule has 1 aromatic rings. The summed E-state index contributed by atoms with van der Waals surface area (Å²) in [6.45, 7) is 3.19. The number of hydrogen-bond acceptors (Lipinski definition) is 5. The first-order chi connectivity index (χ1) is 7.36. The summed E-state index contributed by atoms with van der Waals surface area (Å²) in [7, 11) is 1.49. The van der Waals surface area contributed by atoms with Crippen molar-refractivity contribution >= 4 is 33.7 Å². The molecule has 0 aliphatic rings. The average Bonchev–Trinajstić information content (AvgIpc) is 2.20. The highest BCUT2D eigenvalue weighted by atomic mass is 79.9. The number of nitrogens with zero attached hydrogens (tertiary/aromatic N) is 2. The smallest absolute Gasteiger partial charge is 0.319 e. The Morgan fingerprint density at radius 1 is 1.62 bits per heavy atom. The van der Waals surface area contributed by atoms with E-state index in [0.29, 0.717) is 15.5 Å². The Balaban J connectivity index is 2.94. The maximum Gasteiger partial charge on any atom is 0.319 e. The fourth-order valence-corrected chi connectivity index (χ4v) is 1.93. The molecule has 0 fully saturated rings. The molecule has 0 bridgehead atoms. The summed E-state index contributed by atoms with van der Waals surface area (Å²) in [6.07, 6.45) is 1.53. The molecule has 7 heteroatoms. The van der Waals surface area contributed by atoms with Crippen LogP contribution in [0.15, 0.2) is 15.8 Å². The van der Waals surface area contributed by atoms with E-state index in [1.807, 2.05) is 0 Å². The van der Waals surface area contributed by atoms with E-state index in [4.69, 9.17) is 9.84 Å². The molecule has 16 heavy (non-hydrogen) atoms. The van der Waals surface area contributed by atoms with Crippen LogP contribution in [0.5, 0.6) is 5.88 Å². The molecule has 0 aromatic carbocycles. The molecule has 1 heterocycles. The number of carboxylic acids is 1. The molecule has 1 rings (SSSR count). The Morgan fingerprint density at radius 2 is 2.25 bits per heavy atom. The van der Waals surface area contributed by atoms with Crippen LogP contribution in [0.25, 0.3) is 0 Å². The second-order valence-corrected chi connectivity index (χ2v) is 5.87. The number of ether oxygens (including phenoxy) is 1. The van der Waals surface area contributed by atoms with Crippen LogP contribution in [-0.4, -0.2) is 32.9 Å². The van der Waals surface area contributed by atoms with Gasteiger partial charge in [-0.15, -0.1) is 0 Å². The lowest BCUT2D eigenvalue weighted by molar-refractivity contribution is -0.138. The largest absolute Gasteiger partial charge is 0.480 e. The Labute approximate surface area is 106 Å². The molecular formula is C9H11BrN2O3S. The van der Waals surface area contributed by atoms with Gasteiger partial charge in [-0.2, -0.15) is 4.98 Å². The summed E-state index contributed by atoms with van der Waals surface area (Å²) in [5, 5.41) is 9.33. The molecule has 0 aliphatic heterocycles. The van der Waals surface area contributed by atoms with Crippen molar-refractivity contribution in [2.45, 2.75) is 23.8 Å². The number of rotatable bonds is 4. The summed E-state index contributed by atoms with van der Waals surface area (Å²) in [5.74, 6) is -0.526. The Hall–Kier alpha value is -0.820. The van der Waals surface area contributed by atoms with Crippen LogP contribution in [0.1, 0.15) is 13.8 Å². The van der Waals surface area contributed by atoms with E-state index in [1.165, 1.54) is 13.3 Å². The second-order valence-electron chi connectivity index (χ2n) is 3.43. The van der Waals surface area contributed by atoms with E-state index in [1.54, 1.807) is 13.8 Å². The summed E-state index contributed by atoms with van der Waals surface area (Å²) >= 11 is 4.29. The first kappa shape index (κ1) is 13.2. The van der Waals surface area contributed by atoms with Crippen molar-refractivity contribution in [2.75, 3.05) is 7.11 Å². The van der Waals surface area contributed by atoms with Gasteiger partial charge in [0.1, 0.15) is 4.75 Å². The maximum absolute atomic E-state index is 10.9. The molecule has 0 amide bonds. The zero-order valence-electron chi connectivity index (χ0n) is 9.02. The molecule has 0 atom stereocenters. The third-order valence-electron chi connectivity index (χ3n) is 1.74. The highest BCUT2D eigenvalue weighted by Gasteiger charge is 2.30. The molecule has 5 nitrogen and oxygen atoms in total. The predicted octanol–water partition coefficient (Wildman–Crippen LogP) is 2.20. The van der Waals surface area contributed by atoms with Crippen LogP contribution < -0.4 is 4.74 Å². The van der Waals surface area contributed by atoms with Gasteiger partial charge < -0.3 is 9.84 Å². The zero-order chi connectivity index (χ0) is 12.3. The van der Waals surface area contributed by atoms with E-state index < -0.39 is 10.7 Å². The molecule has 0 spiro atoms. The minimum atomic E-state index is -0.973.